The molecule has 2 aromatic rings. The normalized spacial score (nSPS) is 16.4. The first-order valence-electron chi connectivity index (χ1n) is 6.57. The molecule has 2 aromatic carbocycles. The summed E-state index contributed by atoms with van der Waals surface area (Å²) in [6.45, 7) is 3.80. The van der Waals surface area contributed by atoms with Crippen molar-refractivity contribution >= 4 is 17.4 Å². The largest absolute Gasteiger partial charge is 0.485 e. The molecule has 3 rings (SSSR count). The van der Waals surface area contributed by atoms with Crippen molar-refractivity contribution in [2.45, 2.75) is 25.9 Å². The van der Waals surface area contributed by atoms with Gasteiger partial charge in [-0.1, -0.05) is 41.9 Å². The predicted molar refractivity (Wildman–Crippen MR) is 80.5 cm³/mol. The molecule has 0 fully saturated rings. The van der Waals surface area contributed by atoms with Crippen molar-refractivity contribution in [1.29, 1.82) is 0 Å². The van der Waals surface area contributed by atoms with Crippen molar-refractivity contribution in [3.8, 4) is 16.9 Å². The van der Waals surface area contributed by atoms with E-state index in [9.17, 15) is 4.79 Å². The molecule has 0 aromatic heterocycles. The number of hydrogen-bond donors (Lipinski definition) is 0. The van der Waals surface area contributed by atoms with E-state index in [1.165, 1.54) is 0 Å². The van der Waals surface area contributed by atoms with Gasteiger partial charge in [-0.05, 0) is 37.1 Å². The van der Waals surface area contributed by atoms with Crippen LogP contribution in [0.1, 0.15) is 30.6 Å². The second-order valence-corrected chi connectivity index (χ2v) is 6.07. The Morgan fingerprint density at radius 2 is 1.80 bits per heavy atom. The van der Waals surface area contributed by atoms with Crippen LogP contribution in [0.15, 0.2) is 42.5 Å². The van der Waals surface area contributed by atoms with Gasteiger partial charge in [-0.2, -0.15) is 0 Å². The first-order chi connectivity index (χ1) is 9.46. The topological polar surface area (TPSA) is 26.3 Å². The van der Waals surface area contributed by atoms with Crippen LogP contribution in [0.5, 0.6) is 5.75 Å². The number of ketones is 1. The highest BCUT2D eigenvalue weighted by Gasteiger charge is 2.34. The van der Waals surface area contributed by atoms with Gasteiger partial charge in [0.15, 0.2) is 5.78 Å². The van der Waals surface area contributed by atoms with E-state index in [0.29, 0.717) is 22.8 Å². The van der Waals surface area contributed by atoms with Crippen LogP contribution in [0, 0.1) is 0 Å². The number of halogens is 1. The average Bonchev–Trinajstić information content (AvgIpc) is 2.40. The van der Waals surface area contributed by atoms with E-state index in [1.54, 1.807) is 0 Å². The quantitative estimate of drug-likeness (QED) is 0.756. The fourth-order valence-electron chi connectivity index (χ4n) is 2.50. The first-order valence-corrected chi connectivity index (χ1v) is 6.95. The van der Waals surface area contributed by atoms with Gasteiger partial charge in [-0.15, -0.1) is 0 Å². The van der Waals surface area contributed by atoms with Gasteiger partial charge >= 0.3 is 0 Å². The molecule has 0 saturated heterocycles. The Bertz CT molecular complexity index is 675. The van der Waals surface area contributed by atoms with Gasteiger partial charge in [0.2, 0.25) is 0 Å². The number of Topliss-reactive ketones (excluding diaryl/α,β-unsaturated/α-hetero) is 1. The van der Waals surface area contributed by atoms with E-state index in [4.69, 9.17) is 16.3 Å². The maximum atomic E-state index is 12.3. The highest BCUT2D eigenvalue weighted by molar-refractivity contribution is 6.33. The van der Waals surface area contributed by atoms with Crippen molar-refractivity contribution in [2.75, 3.05) is 0 Å². The fraction of sp³-hybridized carbons (Fsp3) is 0.235. The van der Waals surface area contributed by atoms with Crippen LogP contribution in [0.25, 0.3) is 11.1 Å². The minimum atomic E-state index is -0.498. The molecular weight excluding hydrogens is 272 g/mol. The minimum absolute atomic E-state index is 0.0796. The maximum Gasteiger partial charge on any atom is 0.170 e. The zero-order valence-electron chi connectivity index (χ0n) is 11.4. The lowest BCUT2D eigenvalue weighted by molar-refractivity contribution is 0.0621. The molecular formula is C17H15ClO2. The third kappa shape index (κ3) is 2.32. The lowest BCUT2D eigenvalue weighted by Crippen LogP contribution is -2.36. The molecule has 0 radical (unpaired) electrons. The summed E-state index contributed by atoms with van der Waals surface area (Å²) in [5.74, 6) is 0.587. The molecule has 0 N–H and O–H groups in total. The molecule has 0 bridgehead atoms. The zero-order valence-corrected chi connectivity index (χ0v) is 12.2. The number of carbonyl (C=O) groups excluding carboxylic acids is 1. The van der Waals surface area contributed by atoms with Crippen LogP contribution in [-0.2, 0) is 0 Å². The number of carbonyl (C=O) groups is 1. The van der Waals surface area contributed by atoms with E-state index in [-0.39, 0.29) is 5.78 Å². The lowest BCUT2D eigenvalue weighted by Gasteiger charge is -2.32. The molecule has 0 spiro atoms. The summed E-state index contributed by atoms with van der Waals surface area (Å²) < 4.78 is 5.86. The van der Waals surface area contributed by atoms with Crippen LogP contribution in [0.3, 0.4) is 0 Å². The summed E-state index contributed by atoms with van der Waals surface area (Å²) in [4.78, 5) is 12.3. The smallest absolute Gasteiger partial charge is 0.170 e. The number of ether oxygens (including phenoxy) is 1. The lowest BCUT2D eigenvalue weighted by atomic mass is 9.91. The highest BCUT2D eigenvalue weighted by atomic mass is 35.5. The number of fused-ring (bicyclic) bond motifs is 1. The first kappa shape index (κ1) is 13.2. The van der Waals surface area contributed by atoms with Crippen molar-refractivity contribution < 1.29 is 9.53 Å². The fourth-order valence-corrected chi connectivity index (χ4v) is 2.75. The van der Waals surface area contributed by atoms with Gasteiger partial charge in [0.1, 0.15) is 11.4 Å². The molecule has 0 amide bonds. The Labute approximate surface area is 123 Å². The van der Waals surface area contributed by atoms with Crippen LogP contribution in [-0.4, -0.2) is 11.4 Å². The summed E-state index contributed by atoms with van der Waals surface area (Å²) in [5.41, 5.74) is 2.05. The number of rotatable bonds is 1. The minimum Gasteiger partial charge on any atom is -0.485 e. The van der Waals surface area contributed by atoms with Gasteiger partial charge in [0, 0.05) is 0 Å². The van der Waals surface area contributed by atoms with Gasteiger partial charge < -0.3 is 4.74 Å². The summed E-state index contributed by atoms with van der Waals surface area (Å²) >= 11 is 6.31. The maximum absolute atomic E-state index is 12.3. The summed E-state index contributed by atoms with van der Waals surface area (Å²) in [6.07, 6.45) is 0.370. The summed E-state index contributed by atoms with van der Waals surface area (Å²) in [6, 6.07) is 13.6. The molecule has 3 heteroatoms. The van der Waals surface area contributed by atoms with Gasteiger partial charge in [0.05, 0.1) is 17.0 Å². The van der Waals surface area contributed by atoms with E-state index in [1.807, 2.05) is 56.3 Å². The van der Waals surface area contributed by atoms with Crippen molar-refractivity contribution in [3.63, 3.8) is 0 Å². The van der Waals surface area contributed by atoms with E-state index >= 15 is 0 Å². The number of benzene rings is 2. The van der Waals surface area contributed by atoms with Crippen molar-refractivity contribution in [2.24, 2.45) is 0 Å². The van der Waals surface area contributed by atoms with Gasteiger partial charge in [-0.25, -0.2) is 0 Å². The zero-order chi connectivity index (χ0) is 14.3. The third-order valence-corrected chi connectivity index (χ3v) is 3.70. The molecule has 0 unspecified atom stereocenters. The van der Waals surface area contributed by atoms with E-state index < -0.39 is 5.60 Å². The molecule has 20 heavy (non-hydrogen) atoms. The standard InChI is InChI=1S/C17H15ClO2/c1-17(2)10-15(19)13-8-12(9-14(18)16(13)20-17)11-6-4-3-5-7-11/h3-9H,10H2,1-2H3. The van der Waals surface area contributed by atoms with Gasteiger partial charge in [-0.3, -0.25) is 4.79 Å². The van der Waals surface area contributed by atoms with Crippen molar-refractivity contribution in [3.05, 3.63) is 53.1 Å². The number of hydrogen-bond acceptors (Lipinski definition) is 2. The molecule has 0 saturated carbocycles. The van der Waals surface area contributed by atoms with E-state index in [2.05, 4.69) is 0 Å². The van der Waals surface area contributed by atoms with Crippen LogP contribution < -0.4 is 4.74 Å². The summed E-state index contributed by atoms with van der Waals surface area (Å²) in [7, 11) is 0. The Kier molecular flexibility index (Phi) is 3.06. The Morgan fingerprint density at radius 1 is 1.10 bits per heavy atom. The molecule has 0 atom stereocenters. The van der Waals surface area contributed by atoms with Gasteiger partial charge in [0.25, 0.3) is 0 Å². The molecule has 1 heterocycles. The highest BCUT2D eigenvalue weighted by Crippen LogP contribution is 2.41. The molecule has 1 aliphatic heterocycles. The van der Waals surface area contributed by atoms with Crippen LogP contribution >= 0.6 is 11.6 Å². The third-order valence-electron chi connectivity index (χ3n) is 3.42. The van der Waals surface area contributed by atoms with Crippen molar-refractivity contribution in [1.82, 2.24) is 0 Å². The Balaban J connectivity index is 2.14. The Hall–Kier alpha value is -1.80. The van der Waals surface area contributed by atoms with Crippen LogP contribution in [0.2, 0.25) is 5.02 Å². The SMILES string of the molecule is CC1(C)CC(=O)c2cc(-c3ccccc3)cc(Cl)c2O1. The van der Waals surface area contributed by atoms with E-state index in [0.717, 1.165) is 11.1 Å². The molecule has 2 nitrogen and oxygen atoms in total. The molecule has 102 valence electrons. The second kappa shape index (κ2) is 4.64. The second-order valence-electron chi connectivity index (χ2n) is 5.66. The average molecular weight is 287 g/mol. The molecule has 1 aliphatic rings. The molecule has 0 aliphatic carbocycles. The predicted octanol–water partition coefficient (Wildman–Crippen LogP) is 4.75. The monoisotopic (exact) mass is 286 g/mol. The summed E-state index contributed by atoms with van der Waals surface area (Å²) in [5, 5.41) is 0.488. The Morgan fingerprint density at radius 3 is 2.50 bits per heavy atom. The van der Waals surface area contributed by atoms with Crippen LogP contribution in [0.4, 0.5) is 0 Å².